The lowest BCUT2D eigenvalue weighted by Crippen LogP contribution is -2.49. The molecule has 0 atom stereocenters. The van der Waals surface area contributed by atoms with Crippen LogP contribution in [0.15, 0.2) is 53.6 Å². The van der Waals surface area contributed by atoms with Crippen molar-refractivity contribution in [3.63, 3.8) is 0 Å². The van der Waals surface area contributed by atoms with Crippen molar-refractivity contribution in [2.75, 3.05) is 51.7 Å². The number of carbonyl (C=O) groups is 1. The van der Waals surface area contributed by atoms with Gasteiger partial charge in [-0.2, -0.15) is 0 Å². The van der Waals surface area contributed by atoms with E-state index in [1.807, 2.05) is 57.7 Å². The molecule has 0 unspecified atom stereocenters. The predicted octanol–water partition coefficient (Wildman–Crippen LogP) is 5.63. The Labute approximate surface area is 279 Å². The van der Waals surface area contributed by atoms with E-state index in [9.17, 15) is 9.59 Å². The van der Waals surface area contributed by atoms with E-state index in [0.29, 0.717) is 60.9 Å². The van der Waals surface area contributed by atoms with Gasteiger partial charge in [0.15, 0.2) is 0 Å². The fourth-order valence-corrected chi connectivity index (χ4v) is 6.13. The zero-order valence-electron chi connectivity index (χ0n) is 27.6. The second-order valence-electron chi connectivity index (χ2n) is 12.5. The molecule has 0 N–H and O–H groups in total. The highest BCUT2D eigenvalue weighted by atomic mass is 35.5. The number of piperazine rings is 1. The van der Waals surface area contributed by atoms with E-state index >= 15 is 4.39 Å². The van der Waals surface area contributed by atoms with Gasteiger partial charge in [0.25, 0.3) is 5.56 Å². The normalized spacial score (nSPS) is 13.8. The molecule has 1 aliphatic rings. The lowest BCUT2D eigenvalue weighted by molar-refractivity contribution is -0.126. The standard InChI is InChI=1S/C36H39ClFN7O2/c1-8-24-33(44-18-16-43(17-19-44)29(46)14-11-15-42(6)7)26-20-27(37)32(25-12-9-10-13-28(25)38)41-35(26)45(36(24)47)34-30(22(2)3)39-21-40-31(34)23(4)5/h1,9-14,20-23H,15-19H2,2-7H3/b14-11+. The van der Waals surface area contributed by atoms with Gasteiger partial charge in [-0.15, -0.1) is 6.42 Å². The molecular weight excluding hydrogens is 617 g/mol. The van der Waals surface area contributed by atoms with Gasteiger partial charge in [0.2, 0.25) is 5.91 Å². The summed E-state index contributed by atoms with van der Waals surface area (Å²) in [5.41, 5.74) is 2.64. The van der Waals surface area contributed by atoms with Gasteiger partial charge in [-0.3, -0.25) is 14.2 Å². The highest BCUT2D eigenvalue weighted by molar-refractivity contribution is 6.34. The molecule has 1 fully saturated rings. The highest BCUT2D eigenvalue weighted by Crippen LogP contribution is 2.38. The van der Waals surface area contributed by atoms with Gasteiger partial charge in [-0.25, -0.2) is 19.3 Å². The zero-order valence-corrected chi connectivity index (χ0v) is 28.3. The molecule has 244 valence electrons. The average Bonchev–Trinajstić information content (AvgIpc) is 3.04. The van der Waals surface area contributed by atoms with E-state index in [0.717, 1.165) is 0 Å². The fourth-order valence-electron chi connectivity index (χ4n) is 5.88. The van der Waals surface area contributed by atoms with E-state index in [4.69, 9.17) is 23.0 Å². The Morgan fingerprint density at radius 1 is 1.06 bits per heavy atom. The minimum atomic E-state index is -0.496. The van der Waals surface area contributed by atoms with Crippen molar-refractivity contribution < 1.29 is 9.18 Å². The molecule has 4 aromatic rings. The highest BCUT2D eigenvalue weighted by Gasteiger charge is 2.30. The van der Waals surface area contributed by atoms with Crippen LogP contribution in [0.5, 0.6) is 0 Å². The molecule has 3 aromatic heterocycles. The lowest BCUT2D eigenvalue weighted by atomic mass is 10.00. The van der Waals surface area contributed by atoms with Crippen LogP contribution in [0, 0.1) is 18.2 Å². The summed E-state index contributed by atoms with van der Waals surface area (Å²) in [6.45, 7) is 10.3. The maximum atomic E-state index is 15.1. The Morgan fingerprint density at radius 2 is 1.70 bits per heavy atom. The number of fused-ring (bicyclic) bond motifs is 1. The van der Waals surface area contributed by atoms with Crippen molar-refractivity contribution in [3.05, 3.63) is 87.0 Å². The molecule has 0 aliphatic carbocycles. The number of hydrogen-bond acceptors (Lipinski definition) is 7. The molecule has 1 aromatic carbocycles. The molecule has 9 nitrogen and oxygen atoms in total. The van der Waals surface area contributed by atoms with Crippen LogP contribution in [0.25, 0.3) is 28.0 Å². The van der Waals surface area contributed by atoms with E-state index in [1.165, 1.54) is 17.0 Å². The lowest BCUT2D eigenvalue weighted by Gasteiger charge is -2.37. The number of benzene rings is 1. The zero-order chi connectivity index (χ0) is 34.0. The first-order chi connectivity index (χ1) is 22.4. The third-order valence-corrected chi connectivity index (χ3v) is 8.47. The maximum Gasteiger partial charge on any atom is 0.274 e. The molecule has 1 saturated heterocycles. The van der Waals surface area contributed by atoms with E-state index in [2.05, 4.69) is 15.9 Å². The molecule has 0 spiro atoms. The second kappa shape index (κ2) is 14.0. The average molecular weight is 656 g/mol. The number of anilines is 1. The van der Waals surface area contributed by atoms with Gasteiger partial charge in [0.05, 0.1) is 33.5 Å². The van der Waals surface area contributed by atoms with Crippen LogP contribution in [0.2, 0.25) is 5.02 Å². The molecule has 0 bridgehead atoms. The number of rotatable bonds is 8. The topological polar surface area (TPSA) is 87.5 Å². The van der Waals surface area contributed by atoms with Crippen LogP contribution in [0.3, 0.4) is 0 Å². The second-order valence-corrected chi connectivity index (χ2v) is 12.9. The van der Waals surface area contributed by atoms with Crippen molar-refractivity contribution in [1.29, 1.82) is 0 Å². The van der Waals surface area contributed by atoms with Gasteiger partial charge in [0, 0.05) is 49.7 Å². The molecule has 11 heteroatoms. The summed E-state index contributed by atoms with van der Waals surface area (Å²) in [5, 5.41) is 0.732. The summed E-state index contributed by atoms with van der Waals surface area (Å²) >= 11 is 6.88. The third kappa shape index (κ3) is 6.64. The summed E-state index contributed by atoms with van der Waals surface area (Å²) in [5.74, 6) is 1.95. The van der Waals surface area contributed by atoms with Gasteiger partial charge < -0.3 is 14.7 Å². The molecule has 4 heterocycles. The molecule has 5 rings (SSSR count). The number of amides is 1. The number of carbonyl (C=O) groups excluding carboxylic acids is 1. The monoisotopic (exact) mass is 655 g/mol. The quantitative estimate of drug-likeness (QED) is 0.180. The third-order valence-electron chi connectivity index (χ3n) is 8.18. The van der Waals surface area contributed by atoms with Crippen LogP contribution in [0.4, 0.5) is 10.1 Å². The van der Waals surface area contributed by atoms with Crippen LogP contribution in [-0.2, 0) is 4.79 Å². The van der Waals surface area contributed by atoms with Crippen LogP contribution < -0.4 is 10.5 Å². The Bertz CT molecular complexity index is 1930. The number of pyridine rings is 2. The Kier molecular flexibility index (Phi) is 10.1. The first-order valence-electron chi connectivity index (χ1n) is 15.7. The Hall–Kier alpha value is -4.59. The first-order valence-corrected chi connectivity index (χ1v) is 16.0. The van der Waals surface area contributed by atoms with Crippen LogP contribution in [-0.4, -0.2) is 82.0 Å². The molecular formula is C36H39ClFN7O2. The van der Waals surface area contributed by atoms with Gasteiger partial charge in [-0.05, 0) is 44.1 Å². The van der Waals surface area contributed by atoms with Crippen molar-refractivity contribution in [2.45, 2.75) is 39.5 Å². The Balaban J connectivity index is 1.77. The van der Waals surface area contributed by atoms with Gasteiger partial charge >= 0.3 is 0 Å². The fraction of sp³-hybridized carbons (Fsp3) is 0.361. The maximum absolute atomic E-state index is 15.1. The molecule has 47 heavy (non-hydrogen) atoms. The van der Waals surface area contributed by atoms with Gasteiger partial charge in [0.1, 0.15) is 23.4 Å². The molecule has 1 aliphatic heterocycles. The number of hydrogen-bond donors (Lipinski definition) is 0. The first kappa shape index (κ1) is 33.8. The number of halogens is 2. The molecule has 0 saturated carbocycles. The van der Waals surface area contributed by atoms with Crippen molar-refractivity contribution in [3.8, 4) is 29.3 Å². The minimum absolute atomic E-state index is 0.0721. The molecule has 0 radical (unpaired) electrons. The van der Waals surface area contributed by atoms with Crippen LogP contribution in [0.1, 0.15) is 56.5 Å². The van der Waals surface area contributed by atoms with Crippen molar-refractivity contribution in [2.24, 2.45) is 0 Å². The summed E-state index contributed by atoms with van der Waals surface area (Å²) in [4.78, 5) is 47.4. The number of aromatic nitrogens is 4. The summed E-state index contributed by atoms with van der Waals surface area (Å²) < 4.78 is 16.6. The minimum Gasteiger partial charge on any atom is -0.366 e. The SMILES string of the molecule is C#Cc1c(N2CCN(C(=O)/C=C/CN(C)C)CC2)c2cc(Cl)c(-c3ccccc3F)nc2n(-c2c(C(C)C)ncnc2C(C)C)c1=O. The number of likely N-dealkylation sites (N-methyl/N-ethyl adjacent to an activating group) is 1. The van der Waals surface area contributed by atoms with E-state index < -0.39 is 11.4 Å². The Morgan fingerprint density at radius 3 is 2.28 bits per heavy atom. The summed E-state index contributed by atoms with van der Waals surface area (Å²) in [7, 11) is 3.88. The van der Waals surface area contributed by atoms with E-state index in [-0.39, 0.29) is 45.2 Å². The smallest absolute Gasteiger partial charge is 0.274 e. The van der Waals surface area contributed by atoms with Crippen molar-refractivity contribution in [1.82, 2.24) is 29.3 Å². The summed E-state index contributed by atoms with van der Waals surface area (Å²) in [6.07, 6.45) is 11.1. The van der Waals surface area contributed by atoms with Gasteiger partial charge in [-0.1, -0.05) is 63.4 Å². The largest absolute Gasteiger partial charge is 0.366 e. The van der Waals surface area contributed by atoms with E-state index in [1.54, 1.807) is 35.2 Å². The van der Waals surface area contributed by atoms with Crippen molar-refractivity contribution >= 4 is 34.2 Å². The summed E-state index contributed by atoms with van der Waals surface area (Å²) in [6, 6.07) is 7.94. The molecule has 1 amide bonds. The predicted molar refractivity (Wildman–Crippen MR) is 186 cm³/mol. The van der Waals surface area contributed by atoms with Crippen LogP contribution >= 0.6 is 11.6 Å². The number of terminal acetylenes is 1. The number of nitrogens with zero attached hydrogens (tertiary/aromatic N) is 7.